The Morgan fingerprint density at radius 2 is 2.00 bits per heavy atom. The lowest BCUT2D eigenvalue weighted by molar-refractivity contribution is -0.138. The Morgan fingerprint density at radius 3 is 2.53 bits per heavy atom. The van der Waals surface area contributed by atoms with Crippen LogP contribution in [0.15, 0.2) is 22.5 Å². The van der Waals surface area contributed by atoms with Crippen molar-refractivity contribution in [1.82, 2.24) is 5.32 Å². The minimum atomic E-state index is -0.194. The van der Waals surface area contributed by atoms with Crippen molar-refractivity contribution in [2.45, 2.75) is 40.5 Å². The van der Waals surface area contributed by atoms with E-state index in [0.717, 1.165) is 24.1 Å². The van der Waals surface area contributed by atoms with Crippen LogP contribution in [0.5, 0.6) is 0 Å². The maximum Gasteiger partial charge on any atom is 0.336 e. The van der Waals surface area contributed by atoms with Crippen LogP contribution in [0.4, 0.5) is 0 Å². The summed E-state index contributed by atoms with van der Waals surface area (Å²) < 4.78 is 5.02. The first-order valence-electron chi connectivity index (χ1n) is 5.42. The molecule has 1 aliphatic heterocycles. The second-order valence-corrected chi connectivity index (χ2v) is 3.71. The third-order valence-corrected chi connectivity index (χ3v) is 2.70. The number of esters is 1. The predicted octanol–water partition coefficient (Wildman–Crippen LogP) is 2.50. The highest BCUT2D eigenvalue weighted by atomic mass is 16.5. The zero-order chi connectivity index (χ0) is 11.4. The molecule has 0 radical (unpaired) electrons. The fraction of sp³-hybridized carbons (Fsp3) is 0.583. The van der Waals surface area contributed by atoms with Crippen molar-refractivity contribution in [2.24, 2.45) is 0 Å². The van der Waals surface area contributed by atoms with E-state index in [4.69, 9.17) is 4.74 Å². The molecule has 0 saturated carbocycles. The Kier molecular flexibility index (Phi) is 3.95. The first kappa shape index (κ1) is 11.8. The van der Waals surface area contributed by atoms with E-state index >= 15 is 0 Å². The van der Waals surface area contributed by atoms with Crippen molar-refractivity contribution in [2.75, 3.05) is 6.61 Å². The van der Waals surface area contributed by atoms with E-state index in [1.807, 2.05) is 20.8 Å². The van der Waals surface area contributed by atoms with Crippen LogP contribution in [0.25, 0.3) is 0 Å². The molecule has 0 aliphatic carbocycles. The summed E-state index contributed by atoms with van der Waals surface area (Å²) in [7, 11) is 0. The van der Waals surface area contributed by atoms with Crippen LogP contribution >= 0.6 is 0 Å². The van der Waals surface area contributed by atoms with Gasteiger partial charge in [0.05, 0.1) is 12.2 Å². The molecule has 15 heavy (non-hydrogen) atoms. The minimum Gasteiger partial charge on any atom is -0.463 e. The van der Waals surface area contributed by atoms with Crippen molar-refractivity contribution in [3.05, 3.63) is 22.5 Å². The normalized spacial score (nSPS) is 16.5. The van der Waals surface area contributed by atoms with E-state index in [-0.39, 0.29) is 5.97 Å². The molecule has 3 heteroatoms. The molecule has 1 N–H and O–H groups in total. The highest BCUT2D eigenvalue weighted by Crippen LogP contribution is 2.25. The number of allylic oxidation sites excluding steroid dienone is 3. The summed E-state index contributed by atoms with van der Waals surface area (Å²) in [4.78, 5) is 11.6. The van der Waals surface area contributed by atoms with Gasteiger partial charge in [-0.2, -0.15) is 0 Å². The number of dihydropyridines is 1. The molecule has 0 saturated heterocycles. The third kappa shape index (κ3) is 2.61. The molecule has 1 aliphatic rings. The van der Waals surface area contributed by atoms with Gasteiger partial charge >= 0.3 is 5.97 Å². The van der Waals surface area contributed by atoms with E-state index in [2.05, 4.69) is 12.2 Å². The second kappa shape index (κ2) is 5.01. The smallest absolute Gasteiger partial charge is 0.336 e. The number of rotatable bonds is 3. The number of hydrogen-bond acceptors (Lipinski definition) is 3. The van der Waals surface area contributed by atoms with Crippen LogP contribution in [-0.4, -0.2) is 12.6 Å². The number of carbonyl (C=O) groups excluding carboxylic acids is 1. The monoisotopic (exact) mass is 209 g/mol. The standard InChI is InChI=1S/C12H19NO2/c1-5-10-7-11(12(14)15-6-2)9(4)13-8(10)3/h13H,5-7H2,1-4H3. The number of nitrogens with one attached hydrogen (secondary N) is 1. The molecule has 3 nitrogen and oxygen atoms in total. The van der Waals surface area contributed by atoms with Gasteiger partial charge in [-0.3, -0.25) is 0 Å². The Morgan fingerprint density at radius 1 is 1.33 bits per heavy atom. The zero-order valence-electron chi connectivity index (χ0n) is 9.94. The third-order valence-electron chi connectivity index (χ3n) is 2.70. The largest absolute Gasteiger partial charge is 0.463 e. The van der Waals surface area contributed by atoms with Crippen LogP contribution < -0.4 is 5.32 Å². The first-order valence-corrected chi connectivity index (χ1v) is 5.42. The molecule has 0 amide bonds. The van der Waals surface area contributed by atoms with Gasteiger partial charge in [-0.15, -0.1) is 0 Å². The van der Waals surface area contributed by atoms with Crippen molar-refractivity contribution in [1.29, 1.82) is 0 Å². The molecule has 0 unspecified atom stereocenters. The summed E-state index contributed by atoms with van der Waals surface area (Å²) in [6, 6.07) is 0. The zero-order valence-corrected chi connectivity index (χ0v) is 9.94. The summed E-state index contributed by atoms with van der Waals surface area (Å²) in [5.74, 6) is -0.194. The van der Waals surface area contributed by atoms with Gasteiger partial charge in [0, 0.05) is 17.8 Å². The summed E-state index contributed by atoms with van der Waals surface area (Å²) in [5.41, 5.74) is 4.13. The SMILES string of the molecule is CCOC(=O)C1=C(C)NC(C)=C(CC)C1. The van der Waals surface area contributed by atoms with Gasteiger partial charge in [-0.25, -0.2) is 4.79 Å². The van der Waals surface area contributed by atoms with Crippen LogP contribution in [-0.2, 0) is 9.53 Å². The molecule has 0 aromatic heterocycles. The summed E-state index contributed by atoms with van der Waals surface area (Å²) in [6.45, 7) is 8.32. The lowest BCUT2D eigenvalue weighted by Gasteiger charge is -2.22. The highest BCUT2D eigenvalue weighted by molar-refractivity contribution is 5.90. The maximum atomic E-state index is 11.6. The lowest BCUT2D eigenvalue weighted by atomic mass is 9.96. The molecule has 0 atom stereocenters. The van der Waals surface area contributed by atoms with Gasteiger partial charge < -0.3 is 10.1 Å². The predicted molar refractivity (Wildman–Crippen MR) is 60.1 cm³/mol. The molecule has 1 heterocycles. The Labute approximate surface area is 91.2 Å². The van der Waals surface area contributed by atoms with Crippen molar-refractivity contribution < 1.29 is 9.53 Å². The summed E-state index contributed by atoms with van der Waals surface area (Å²) in [5, 5.41) is 3.23. The van der Waals surface area contributed by atoms with Crippen LogP contribution in [0, 0.1) is 0 Å². The van der Waals surface area contributed by atoms with Gasteiger partial charge in [-0.05, 0) is 32.8 Å². The first-order chi connectivity index (χ1) is 7.10. The fourth-order valence-corrected chi connectivity index (χ4v) is 1.76. The quantitative estimate of drug-likeness (QED) is 0.726. The summed E-state index contributed by atoms with van der Waals surface area (Å²) >= 11 is 0. The van der Waals surface area contributed by atoms with Gasteiger partial charge in [-0.1, -0.05) is 6.92 Å². The summed E-state index contributed by atoms with van der Waals surface area (Å²) in [6.07, 6.45) is 1.69. The maximum absolute atomic E-state index is 11.6. The van der Waals surface area contributed by atoms with Gasteiger partial charge in [0.15, 0.2) is 0 Å². The molecule has 0 aromatic rings. The molecule has 84 valence electrons. The number of carbonyl (C=O) groups is 1. The molecule has 1 rings (SSSR count). The van der Waals surface area contributed by atoms with E-state index in [1.54, 1.807) is 0 Å². The molecule has 0 bridgehead atoms. The minimum absolute atomic E-state index is 0.194. The topological polar surface area (TPSA) is 38.3 Å². The Bertz CT molecular complexity index is 327. The van der Waals surface area contributed by atoms with Crippen LogP contribution in [0.2, 0.25) is 0 Å². The fourth-order valence-electron chi connectivity index (χ4n) is 1.76. The van der Waals surface area contributed by atoms with Gasteiger partial charge in [0.2, 0.25) is 0 Å². The molecular formula is C12H19NO2. The molecule has 0 aromatic carbocycles. The molecule has 0 spiro atoms. The van der Waals surface area contributed by atoms with E-state index in [9.17, 15) is 4.79 Å². The van der Waals surface area contributed by atoms with Gasteiger partial charge in [0.25, 0.3) is 0 Å². The van der Waals surface area contributed by atoms with E-state index < -0.39 is 0 Å². The Hall–Kier alpha value is -1.25. The van der Waals surface area contributed by atoms with Crippen molar-refractivity contribution >= 4 is 5.97 Å². The highest BCUT2D eigenvalue weighted by Gasteiger charge is 2.20. The van der Waals surface area contributed by atoms with Crippen molar-refractivity contribution in [3.63, 3.8) is 0 Å². The van der Waals surface area contributed by atoms with E-state index in [0.29, 0.717) is 6.61 Å². The second-order valence-electron chi connectivity index (χ2n) is 3.71. The van der Waals surface area contributed by atoms with Crippen LogP contribution in [0.1, 0.15) is 40.5 Å². The molecular weight excluding hydrogens is 190 g/mol. The van der Waals surface area contributed by atoms with Crippen molar-refractivity contribution in [3.8, 4) is 0 Å². The number of ether oxygens (including phenoxy) is 1. The molecule has 0 fully saturated rings. The average molecular weight is 209 g/mol. The number of hydrogen-bond donors (Lipinski definition) is 1. The van der Waals surface area contributed by atoms with E-state index in [1.165, 1.54) is 11.3 Å². The van der Waals surface area contributed by atoms with Crippen LogP contribution in [0.3, 0.4) is 0 Å². The van der Waals surface area contributed by atoms with Gasteiger partial charge in [0.1, 0.15) is 0 Å². The Balaban J connectivity index is 2.83. The average Bonchev–Trinajstić information content (AvgIpc) is 2.18. The lowest BCUT2D eigenvalue weighted by Crippen LogP contribution is -2.23.